The molecule has 1 fully saturated rings. The molecule has 0 amide bonds. The van der Waals surface area contributed by atoms with Crippen LogP contribution in [-0.4, -0.2) is 89.3 Å². The van der Waals surface area contributed by atoms with E-state index in [2.05, 4.69) is 0 Å². The molecule has 0 aromatic rings. The van der Waals surface area contributed by atoms with E-state index < -0.39 is 64.3 Å². The quantitative estimate of drug-likeness (QED) is 0.155. The third kappa shape index (κ3) is 5.80. The Labute approximate surface area is 137 Å². The van der Waals surface area contributed by atoms with Crippen LogP contribution in [0.15, 0.2) is 0 Å². The van der Waals surface area contributed by atoms with Crippen LogP contribution >= 0.6 is 15.2 Å². The van der Waals surface area contributed by atoms with Gasteiger partial charge in [0.1, 0.15) is 24.4 Å². The highest BCUT2D eigenvalue weighted by Crippen LogP contribution is 2.61. The molecule has 1 aliphatic heterocycles. The molecule has 1 rings (SSSR count). The van der Waals surface area contributed by atoms with Crippen molar-refractivity contribution >= 4 is 15.2 Å². The molecule has 0 aromatic heterocycles. The minimum absolute atomic E-state index is 0.185. The first kappa shape index (κ1) is 22.1. The zero-order valence-corrected chi connectivity index (χ0v) is 14.2. The van der Waals surface area contributed by atoms with Gasteiger partial charge < -0.3 is 49.5 Å². The number of hydrogen-bond acceptors (Lipinski definition) is 8. The van der Waals surface area contributed by atoms with Crippen LogP contribution < -0.4 is 0 Å². The first-order valence-corrected chi connectivity index (χ1v) is 10.3. The Balaban J connectivity index is 2.54. The van der Waals surface area contributed by atoms with Gasteiger partial charge in [-0.05, 0) is 12.8 Å². The van der Waals surface area contributed by atoms with E-state index in [9.17, 15) is 24.4 Å². The molecule has 14 heteroatoms. The van der Waals surface area contributed by atoms with Crippen molar-refractivity contribution in [3.63, 3.8) is 0 Å². The maximum Gasteiger partial charge on any atom is 0.340 e. The maximum absolute atomic E-state index is 11.1. The second-order valence-corrected chi connectivity index (χ2v) is 9.38. The molecule has 0 aliphatic carbocycles. The van der Waals surface area contributed by atoms with Gasteiger partial charge in [0.15, 0.2) is 11.7 Å². The van der Waals surface area contributed by atoms with E-state index in [4.69, 9.17) is 34.2 Å². The van der Waals surface area contributed by atoms with Crippen LogP contribution in [0.1, 0.15) is 12.8 Å². The van der Waals surface area contributed by atoms with E-state index in [0.29, 0.717) is 0 Å². The molecule has 0 radical (unpaired) electrons. The number of rotatable bonds is 8. The van der Waals surface area contributed by atoms with Gasteiger partial charge in [0.25, 0.3) is 0 Å². The van der Waals surface area contributed by atoms with Gasteiger partial charge >= 0.3 is 15.2 Å². The number of ether oxygens (including phenoxy) is 2. The van der Waals surface area contributed by atoms with Crippen LogP contribution in [0.5, 0.6) is 0 Å². The van der Waals surface area contributed by atoms with Crippen LogP contribution in [0.25, 0.3) is 0 Å². The van der Waals surface area contributed by atoms with Crippen LogP contribution in [-0.2, 0) is 18.6 Å². The fourth-order valence-electron chi connectivity index (χ4n) is 2.20. The Morgan fingerprint density at radius 2 is 1.50 bits per heavy atom. The third-order valence-corrected chi connectivity index (χ3v) is 7.39. The lowest BCUT2D eigenvalue weighted by atomic mass is 9.99. The van der Waals surface area contributed by atoms with Gasteiger partial charge in [0.05, 0.1) is 6.61 Å². The molecule has 1 aliphatic rings. The van der Waals surface area contributed by atoms with Crippen molar-refractivity contribution in [3.05, 3.63) is 0 Å². The van der Waals surface area contributed by atoms with Crippen molar-refractivity contribution in [2.75, 3.05) is 13.2 Å². The highest BCUT2D eigenvalue weighted by molar-refractivity contribution is 7.70. The number of aliphatic hydroxyl groups is 4. The molecule has 0 saturated carbocycles. The SMILES string of the molecule is O=P(O)(O)C(CCCOC1OC(CO)C(O)C(O)C1O)P(=O)(O)O. The topological polar surface area (TPSA) is 214 Å². The van der Waals surface area contributed by atoms with E-state index >= 15 is 0 Å². The van der Waals surface area contributed by atoms with Gasteiger partial charge in [0.2, 0.25) is 0 Å². The van der Waals surface area contributed by atoms with E-state index in [-0.39, 0.29) is 13.0 Å². The Morgan fingerprint density at radius 1 is 0.958 bits per heavy atom. The van der Waals surface area contributed by atoms with Gasteiger partial charge in [-0.3, -0.25) is 9.13 Å². The third-order valence-electron chi connectivity index (χ3n) is 3.51. The summed E-state index contributed by atoms with van der Waals surface area (Å²) in [4.78, 5) is 35.8. The maximum atomic E-state index is 11.1. The molecule has 24 heavy (non-hydrogen) atoms. The lowest BCUT2D eigenvalue weighted by Crippen LogP contribution is -2.59. The van der Waals surface area contributed by atoms with Crippen LogP contribution in [0.4, 0.5) is 0 Å². The van der Waals surface area contributed by atoms with Crippen molar-refractivity contribution in [1.29, 1.82) is 0 Å². The van der Waals surface area contributed by atoms with E-state index in [1.54, 1.807) is 0 Å². The minimum atomic E-state index is -5.02. The van der Waals surface area contributed by atoms with Crippen molar-refractivity contribution in [2.24, 2.45) is 0 Å². The monoisotopic (exact) mass is 396 g/mol. The second kappa shape index (κ2) is 8.63. The van der Waals surface area contributed by atoms with Crippen LogP contribution in [0.2, 0.25) is 0 Å². The fourth-order valence-corrected chi connectivity index (χ4v) is 4.81. The molecule has 144 valence electrons. The van der Waals surface area contributed by atoms with E-state index in [1.807, 2.05) is 0 Å². The summed E-state index contributed by atoms with van der Waals surface area (Å²) in [5.41, 5.74) is 0. The van der Waals surface area contributed by atoms with Crippen LogP contribution in [0.3, 0.4) is 0 Å². The average molecular weight is 396 g/mol. The molecule has 5 atom stereocenters. The van der Waals surface area contributed by atoms with Gasteiger partial charge in [-0.15, -0.1) is 0 Å². The summed E-state index contributed by atoms with van der Waals surface area (Å²) in [5.74, 6) is 0. The van der Waals surface area contributed by atoms with Gasteiger partial charge in [-0.1, -0.05) is 0 Å². The molecule has 8 N–H and O–H groups in total. The lowest BCUT2D eigenvalue weighted by Gasteiger charge is -2.39. The predicted octanol–water partition coefficient (Wildman–Crippen LogP) is -2.74. The molecule has 0 bridgehead atoms. The fraction of sp³-hybridized carbons (Fsp3) is 1.00. The normalized spacial score (nSPS) is 32.3. The summed E-state index contributed by atoms with van der Waals surface area (Å²) >= 11 is 0. The summed E-state index contributed by atoms with van der Waals surface area (Å²) in [5, 5.41) is 35.7. The highest BCUT2D eigenvalue weighted by atomic mass is 31.2. The molecule has 12 nitrogen and oxygen atoms in total. The summed E-state index contributed by atoms with van der Waals surface area (Å²) < 4.78 is 32.3. The average Bonchev–Trinajstić information content (AvgIpc) is 2.44. The van der Waals surface area contributed by atoms with Crippen molar-refractivity contribution in [2.45, 2.75) is 48.9 Å². The minimum Gasteiger partial charge on any atom is -0.394 e. The Kier molecular flexibility index (Phi) is 7.95. The smallest absolute Gasteiger partial charge is 0.340 e. The standard InChI is InChI=1S/C10H22O12P2/c11-4-5-7(12)8(13)9(14)10(22-5)21-3-1-2-6(23(15,16)17)24(18,19)20/h5-14H,1-4H2,(H2,15,16,17)(H2,18,19,20). The van der Waals surface area contributed by atoms with Crippen molar-refractivity contribution in [1.82, 2.24) is 0 Å². The van der Waals surface area contributed by atoms with Crippen molar-refractivity contribution in [3.8, 4) is 0 Å². The van der Waals surface area contributed by atoms with Crippen LogP contribution in [0, 0.1) is 0 Å². The molecular weight excluding hydrogens is 374 g/mol. The number of hydrogen-bond donors (Lipinski definition) is 8. The predicted molar refractivity (Wildman–Crippen MR) is 76.8 cm³/mol. The summed E-state index contributed by atoms with van der Waals surface area (Å²) in [7, 11) is -10.0. The zero-order chi connectivity index (χ0) is 18.7. The van der Waals surface area contributed by atoms with Gasteiger partial charge in [0, 0.05) is 6.61 Å². The number of aliphatic hydroxyl groups excluding tert-OH is 4. The first-order chi connectivity index (χ1) is 10.9. The second-order valence-electron chi connectivity index (χ2n) is 5.37. The Bertz CT molecular complexity index is 464. The summed E-state index contributed by atoms with van der Waals surface area (Å²) in [6.07, 6.45) is -8.17. The molecule has 5 unspecified atom stereocenters. The van der Waals surface area contributed by atoms with E-state index in [1.165, 1.54) is 0 Å². The summed E-state index contributed by atoms with van der Waals surface area (Å²) in [6.45, 7) is -0.956. The van der Waals surface area contributed by atoms with E-state index in [0.717, 1.165) is 0 Å². The summed E-state index contributed by atoms with van der Waals surface area (Å²) in [6, 6.07) is 0. The molecular formula is C10H22O12P2. The zero-order valence-electron chi connectivity index (χ0n) is 12.4. The Hall–Kier alpha value is 0.0600. The Morgan fingerprint density at radius 3 is 1.96 bits per heavy atom. The molecule has 0 aromatic carbocycles. The van der Waals surface area contributed by atoms with Crippen molar-refractivity contribution < 1.29 is 58.6 Å². The molecule has 1 saturated heterocycles. The first-order valence-electron chi connectivity index (χ1n) is 6.92. The largest absolute Gasteiger partial charge is 0.394 e. The van der Waals surface area contributed by atoms with Gasteiger partial charge in [-0.2, -0.15) is 0 Å². The molecule has 0 spiro atoms. The highest BCUT2D eigenvalue weighted by Gasteiger charge is 2.45. The van der Waals surface area contributed by atoms with Gasteiger partial charge in [-0.25, -0.2) is 0 Å². The molecule has 1 heterocycles. The lowest BCUT2D eigenvalue weighted by molar-refractivity contribution is -0.301.